The van der Waals surface area contributed by atoms with E-state index in [1.165, 1.54) is 54.1 Å². The molecule has 0 spiro atoms. The van der Waals surface area contributed by atoms with Crippen LogP contribution in [0.25, 0.3) is 11.3 Å². The summed E-state index contributed by atoms with van der Waals surface area (Å²) in [6.07, 6.45) is 9.31. The highest BCUT2D eigenvalue weighted by atomic mass is 28.3. The van der Waals surface area contributed by atoms with Gasteiger partial charge in [0.2, 0.25) is 5.69 Å². The van der Waals surface area contributed by atoms with Crippen LogP contribution in [0.5, 0.6) is 0 Å². The van der Waals surface area contributed by atoms with Crippen molar-refractivity contribution in [1.82, 2.24) is 0 Å². The second kappa shape index (κ2) is 6.83. The van der Waals surface area contributed by atoms with Gasteiger partial charge in [0.05, 0.1) is 8.07 Å². The molecule has 1 fully saturated rings. The van der Waals surface area contributed by atoms with Crippen molar-refractivity contribution in [3.8, 4) is 11.3 Å². The summed E-state index contributed by atoms with van der Waals surface area (Å²) in [7, 11) is 0.933. The molecule has 128 valence electrons. The van der Waals surface area contributed by atoms with E-state index in [0.29, 0.717) is 0 Å². The van der Waals surface area contributed by atoms with Crippen molar-refractivity contribution in [2.45, 2.75) is 64.6 Å². The summed E-state index contributed by atoms with van der Waals surface area (Å²) in [4.78, 5) is 0. The van der Waals surface area contributed by atoms with Crippen molar-refractivity contribution in [2.75, 3.05) is 0 Å². The standard InChI is InChI=1S/C22H32NSi/c1-17-15-19(18-9-7-6-8-10-18)11-13-21(17)22-14-12-20(16-23(22)2)24(3,4)5/h11-16,18H,6-10H2,1-5H3/q+1. The molecule has 1 nitrogen and oxygen atoms in total. The summed E-state index contributed by atoms with van der Waals surface area (Å²) < 4.78 is 2.32. The van der Waals surface area contributed by atoms with Crippen LogP contribution >= 0.6 is 0 Å². The molecular weight excluding hydrogens is 306 g/mol. The molecule has 1 aliphatic rings. The number of hydrogen-bond acceptors (Lipinski definition) is 0. The molecule has 0 amide bonds. The maximum atomic E-state index is 2.44. The molecule has 0 unspecified atom stereocenters. The van der Waals surface area contributed by atoms with Crippen LogP contribution in [0.3, 0.4) is 0 Å². The Hall–Kier alpha value is -1.41. The first-order valence-electron chi connectivity index (χ1n) is 9.47. The highest BCUT2D eigenvalue weighted by Gasteiger charge is 2.22. The third-order valence-electron chi connectivity index (χ3n) is 5.60. The van der Waals surface area contributed by atoms with Gasteiger partial charge in [0, 0.05) is 16.8 Å². The van der Waals surface area contributed by atoms with Gasteiger partial charge in [-0.1, -0.05) is 57.1 Å². The van der Waals surface area contributed by atoms with E-state index in [1.807, 2.05) is 0 Å². The summed E-state index contributed by atoms with van der Waals surface area (Å²) in [6.45, 7) is 9.50. The highest BCUT2D eigenvalue weighted by molar-refractivity contribution is 6.88. The average Bonchev–Trinajstić information content (AvgIpc) is 2.55. The van der Waals surface area contributed by atoms with Crippen molar-refractivity contribution in [2.24, 2.45) is 7.05 Å². The zero-order valence-corrected chi connectivity index (χ0v) is 17.0. The molecule has 0 saturated heterocycles. The topological polar surface area (TPSA) is 3.88 Å². The molecule has 24 heavy (non-hydrogen) atoms. The van der Waals surface area contributed by atoms with Gasteiger partial charge in [0.15, 0.2) is 6.20 Å². The van der Waals surface area contributed by atoms with Gasteiger partial charge in [0.1, 0.15) is 7.05 Å². The van der Waals surface area contributed by atoms with Crippen molar-refractivity contribution in [3.05, 3.63) is 47.7 Å². The molecule has 3 rings (SSSR count). The van der Waals surface area contributed by atoms with Crippen LogP contribution in [0.15, 0.2) is 36.5 Å². The smallest absolute Gasteiger partial charge is 0.201 e. The quantitative estimate of drug-likeness (QED) is 0.543. The van der Waals surface area contributed by atoms with Crippen LogP contribution in [0.4, 0.5) is 0 Å². The van der Waals surface area contributed by atoms with E-state index in [2.05, 4.69) is 74.7 Å². The first kappa shape index (κ1) is 17.4. The molecule has 0 radical (unpaired) electrons. The first-order valence-corrected chi connectivity index (χ1v) is 13.0. The molecule has 1 aromatic carbocycles. The molecule has 1 aromatic heterocycles. The van der Waals surface area contributed by atoms with Gasteiger partial charge < -0.3 is 0 Å². The van der Waals surface area contributed by atoms with Crippen LogP contribution < -0.4 is 9.75 Å². The van der Waals surface area contributed by atoms with E-state index < -0.39 is 8.07 Å². The zero-order valence-electron chi connectivity index (χ0n) is 16.0. The number of nitrogens with zero attached hydrogens (tertiary/aromatic N) is 1. The fourth-order valence-electron chi connectivity index (χ4n) is 4.00. The maximum Gasteiger partial charge on any atom is 0.212 e. The predicted molar refractivity (Wildman–Crippen MR) is 107 cm³/mol. The molecule has 1 saturated carbocycles. The minimum absolute atomic E-state index is 0.787. The molecule has 2 aromatic rings. The lowest BCUT2D eigenvalue weighted by atomic mass is 9.83. The molecule has 0 N–H and O–H groups in total. The average molecular weight is 339 g/mol. The van der Waals surface area contributed by atoms with Gasteiger partial charge in [-0.2, -0.15) is 0 Å². The molecule has 1 aliphatic carbocycles. The van der Waals surface area contributed by atoms with E-state index in [4.69, 9.17) is 0 Å². The third kappa shape index (κ3) is 3.64. The van der Waals surface area contributed by atoms with Crippen molar-refractivity contribution < 1.29 is 4.57 Å². The molecular formula is C22H32NSi+. The van der Waals surface area contributed by atoms with Gasteiger partial charge in [-0.05, 0) is 42.9 Å². The monoisotopic (exact) mass is 338 g/mol. The third-order valence-corrected chi connectivity index (χ3v) is 7.63. The summed E-state index contributed by atoms with van der Waals surface area (Å²) in [5, 5.41) is 1.52. The second-order valence-corrected chi connectivity index (χ2v) is 13.7. The molecule has 0 bridgehead atoms. The van der Waals surface area contributed by atoms with Gasteiger partial charge in [-0.25, -0.2) is 4.57 Å². The molecule has 0 atom stereocenters. The normalized spacial score (nSPS) is 16.4. The van der Waals surface area contributed by atoms with E-state index >= 15 is 0 Å². The number of aromatic nitrogens is 1. The van der Waals surface area contributed by atoms with E-state index in [1.54, 1.807) is 5.56 Å². The fourth-order valence-corrected chi connectivity index (χ4v) is 5.16. The number of aryl methyl sites for hydroxylation is 2. The fraction of sp³-hybridized carbons (Fsp3) is 0.500. The molecule has 2 heteroatoms. The SMILES string of the molecule is Cc1cc(C2CCCCC2)ccc1-c1ccc([Si](C)(C)C)c[n+]1C. The van der Waals surface area contributed by atoms with Crippen LogP contribution in [0.2, 0.25) is 19.6 Å². The Kier molecular flexibility index (Phi) is 4.96. The second-order valence-electron chi connectivity index (χ2n) is 8.57. The van der Waals surface area contributed by atoms with Gasteiger partial charge in [-0.15, -0.1) is 0 Å². The van der Waals surface area contributed by atoms with Gasteiger partial charge >= 0.3 is 0 Å². The lowest BCUT2D eigenvalue weighted by Gasteiger charge is -2.22. The predicted octanol–water partition coefficient (Wildman–Crippen LogP) is 5.08. The summed E-state index contributed by atoms with van der Waals surface area (Å²) >= 11 is 0. The minimum Gasteiger partial charge on any atom is -0.201 e. The summed E-state index contributed by atoms with van der Waals surface area (Å²) in [5.74, 6) is 0.787. The van der Waals surface area contributed by atoms with Crippen molar-refractivity contribution in [3.63, 3.8) is 0 Å². The van der Waals surface area contributed by atoms with E-state index in [0.717, 1.165) is 5.92 Å². The lowest BCUT2D eigenvalue weighted by molar-refractivity contribution is -0.659. The Morgan fingerprint density at radius 2 is 1.67 bits per heavy atom. The molecule has 1 heterocycles. The Labute approximate surface area is 148 Å². The first-order chi connectivity index (χ1) is 11.4. The largest absolute Gasteiger partial charge is 0.212 e. The number of rotatable bonds is 3. The van der Waals surface area contributed by atoms with Gasteiger partial charge in [0.25, 0.3) is 0 Å². The highest BCUT2D eigenvalue weighted by Crippen LogP contribution is 2.34. The van der Waals surface area contributed by atoms with Crippen LogP contribution in [-0.4, -0.2) is 8.07 Å². The molecule has 0 aliphatic heterocycles. The number of hydrogen-bond donors (Lipinski definition) is 0. The van der Waals surface area contributed by atoms with E-state index in [-0.39, 0.29) is 0 Å². The Morgan fingerprint density at radius 3 is 2.25 bits per heavy atom. The maximum absolute atomic E-state index is 2.44. The van der Waals surface area contributed by atoms with Crippen LogP contribution in [0.1, 0.15) is 49.1 Å². The minimum atomic E-state index is -1.25. The van der Waals surface area contributed by atoms with Crippen LogP contribution in [-0.2, 0) is 7.05 Å². The van der Waals surface area contributed by atoms with E-state index in [9.17, 15) is 0 Å². The Morgan fingerprint density at radius 1 is 0.958 bits per heavy atom. The zero-order chi connectivity index (χ0) is 17.3. The lowest BCUT2D eigenvalue weighted by Crippen LogP contribution is -2.44. The van der Waals surface area contributed by atoms with Crippen molar-refractivity contribution >= 4 is 13.3 Å². The van der Waals surface area contributed by atoms with Gasteiger partial charge in [-0.3, -0.25) is 0 Å². The number of benzene rings is 1. The summed E-state index contributed by atoms with van der Waals surface area (Å²) in [6, 6.07) is 11.8. The van der Waals surface area contributed by atoms with Crippen molar-refractivity contribution in [1.29, 1.82) is 0 Å². The van der Waals surface area contributed by atoms with Crippen LogP contribution in [0, 0.1) is 6.92 Å². The summed E-state index contributed by atoms with van der Waals surface area (Å²) in [5.41, 5.74) is 5.66. The Balaban J connectivity index is 1.92. The Bertz CT molecular complexity index is 721. The number of pyridine rings is 1.